The molecule has 0 spiro atoms. The fraction of sp³-hybridized carbons (Fsp3) is 0. The van der Waals surface area contributed by atoms with Crippen molar-refractivity contribution in [1.29, 1.82) is 0 Å². The molecule has 1 aromatic heterocycles. The first-order chi connectivity index (χ1) is 4.86. The summed E-state index contributed by atoms with van der Waals surface area (Å²) in [5.41, 5.74) is 7.09. The Morgan fingerprint density at radius 3 is 3.20 bits per heavy atom. The highest BCUT2D eigenvalue weighted by Crippen LogP contribution is 2.14. The van der Waals surface area contributed by atoms with Gasteiger partial charge in [-0.2, -0.15) is 0 Å². The van der Waals surface area contributed by atoms with Gasteiger partial charge in [0.25, 0.3) is 0 Å². The van der Waals surface area contributed by atoms with Crippen molar-refractivity contribution in [3.8, 4) is 0 Å². The lowest BCUT2D eigenvalue weighted by atomic mass is 10.2. The molecule has 0 saturated carbocycles. The van der Waals surface area contributed by atoms with Crippen molar-refractivity contribution in [1.82, 2.24) is 5.16 Å². The van der Waals surface area contributed by atoms with Crippen molar-refractivity contribution in [2.24, 2.45) is 0 Å². The minimum Gasteiger partial charge on any atom is -0.399 e. The fourth-order valence-electron chi connectivity index (χ4n) is 0.890. The smallest absolute Gasteiger partial charge is 0.131 e. The number of nitrogens with zero attached hydrogens (tertiary/aromatic N) is 1. The third-order valence-electron chi connectivity index (χ3n) is 1.38. The van der Waals surface area contributed by atoms with Crippen molar-refractivity contribution >= 4 is 16.6 Å². The van der Waals surface area contributed by atoms with Gasteiger partial charge in [-0.1, -0.05) is 5.16 Å². The van der Waals surface area contributed by atoms with Gasteiger partial charge in [0.2, 0.25) is 0 Å². The molecule has 0 unspecified atom stereocenters. The second kappa shape index (κ2) is 1.73. The molecule has 0 radical (unpaired) electrons. The Morgan fingerprint density at radius 2 is 2.30 bits per heavy atom. The van der Waals surface area contributed by atoms with E-state index >= 15 is 0 Å². The topological polar surface area (TPSA) is 52.0 Å². The van der Waals surface area contributed by atoms with Gasteiger partial charge in [-0.25, -0.2) is 0 Å². The first kappa shape index (κ1) is 5.29. The summed E-state index contributed by atoms with van der Waals surface area (Å²) in [6.07, 6.45) is 1.58. The molecule has 50 valence electrons. The van der Waals surface area contributed by atoms with Crippen LogP contribution in [0.4, 0.5) is 5.69 Å². The molecular formula is C7H6N2O. The van der Waals surface area contributed by atoms with Crippen LogP contribution >= 0.6 is 0 Å². The molecule has 0 fully saturated rings. The zero-order valence-electron chi connectivity index (χ0n) is 5.24. The highest BCUT2D eigenvalue weighted by Gasteiger charge is 1.95. The quantitative estimate of drug-likeness (QED) is 0.554. The molecule has 1 heterocycles. The molecule has 3 nitrogen and oxygen atoms in total. The summed E-state index contributed by atoms with van der Waals surface area (Å²) >= 11 is 0. The summed E-state index contributed by atoms with van der Waals surface area (Å²) in [5, 5.41) is 4.67. The number of fused-ring (bicyclic) bond motifs is 1. The highest BCUT2D eigenvalue weighted by molar-refractivity contribution is 5.80. The van der Waals surface area contributed by atoms with Crippen LogP contribution < -0.4 is 5.73 Å². The molecule has 0 atom stereocenters. The van der Waals surface area contributed by atoms with E-state index in [0.29, 0.717) is 0 Å². The molecule has 0 aliphatic rings. The molecule has 1 aromatic carbocycles. The lowest BCUT2D eigenvalue weighted by Crippen LogP contribution is -1.81. The molecule has 0 amide bonds. The maximum atomic E-state index is 5.51. The normalized spacial score (nSPS) is 10.4. The van der Waals surface area contributed by atoms with E-state index < -0.39 is 0 Å². The minimum atomic E-state index is 0.732. The summed E-state index contributed by atoms with van der Waals surface area (Å²) in [4.78, 5) is 0. The summed E-state index contributed by atoms with van der Waals surface area (Å²) in [6.45, 7) is 0. The van der Waals surface area contributed by atoms with Crippen LogP contribution in [0, 0.1) is 0 Å². The number of hydrogen-bond donors (Lipinski definition) is 1. The van der Waals surface area contributed by atoms with Crippen molar-refractivity contribution in [3.05, 3.63) is 24.5 Å². The Hall–Kier alpha value is -1.51. The number of aromatic nitrogens is 1. The maximum Gasteiger partial charge on any atom is 0.131 e. The van der Waals surface area contributed by atoms with Gasteiger partial charge in [-0.3, -0.25) is 0 Å². The van der Waals surface area contributed by atoms with Crippen molar-refractivity contribution < 1.29 is 4.52 Å². The van der Waals surface area contributed by atoms with Crippen LogP contribution in [0.3, 0.4) is 0 Å². The largest absolute Gasteiger partial charge is 0.399 e. The number of nitrogen functional groups attached to an aromatic ring is 1. The lowest BCUT2D eigenvalue weighted by Gasteiger charge is -1.87. The van der Waals surface area contributed by atoms with Gasteiger partial charge in [-0.05, 0) is 18.2 Å². The van der Waals surface area contributed by atoms with E-state index in [2.05, 4.69) is 5.16 Å². The first-order valence-electron chi connectivity index (χ1n) is 2.96. The van der Waals surface area contributed by atoms with Gasteiger partial charge in [-0.15, -0.1) is 0 Å². The third kappa shape index (κ3) is 0.639. The predicted octanol–water partition coefficient (Wildman–Crippen LogP) is 1.41. The molecule has 0 bridgehead atoms. The van der Waals surface area contributed by atoms with Crippen LogP contribution in [-0.2, 0) is 0 Å². The van der Waals surface area contributed by atoms with Crippen LogP contribution in [0.5, 0.6) is 0 Å². The first-order valence-corrected chi connectivity index (χ1v) is 2.96. The SMILES string of the molecule is Nc1ccc2nocc2c1. The number of nitrogens with two attached hydrogens (primary N) is 1. The Labute approximate surface area is 57.4 Å². The van der Waals surface area contributed by atoms with E-state index in [0.717, 1.165) is 16.6 Å². The van der Waals surface area contributed by atoms with E-state index in [4.69, 9.17) is 10.3 Å². The number of anilines is 1. The molecule has 0 saturated heterocycles. The predicted molar refractivity (Wildman–Crippen MR) is 38.4 cm³/mol. The third-order valence-corrected chi connectivity index (χ3v) is 1.38. The average molecular weight is 134 g/mol. The molecule has 2 N–H and O–H groups in total. The maximum absolute atomic E-state index is 5.51. The molecule has 0 aliphatic carbocycles. The number of rotatable bonds is 0. The van der Waals surface area contributed by atoms with E-state index in [1.165, 1.54) is 0 Å². The van der Waals surface area contributed by atoms with Gasteiger partial charge in [0.15, 0.2) is 0 Å². The highest BCUT2D eigenvalue weighted by atomic mass is 16.5. The van der Waals surface area contributed by atoms with Crippen molar-refractivity contribution in [3.63, 3.8) is 0 Å². The van der Waals surface area contributed by atoms with Gasteiger partial charge >= 0.3 is 0 Å². The van der Waals surface area contributed by atoms with Crippen LogP contribution in [-0.4, -0.2) is 5.16 Å². The summed E-state index contributed by atoms with van der Waals surface area (Å²) in [6, 6.07) is 5.45. The zero-order chi connectivity index (χ0) is 6.97. The summed E-state index contributed by atoms with van der Waals surface area (Å²) in [7, 11) is 0. The monoisotopic (exact) mass is 134 g/mol. The lowest BCUT2D eigenvalue weighted by molar-refractivity contribution is 0.428. The number of hydrogen-bond acceptors (Lipinski definition) is 3. The molecule has 3 heteroatoms. The molecule has 2 rings (SSSR count). The van der Waals surface area contributed by atoms with Gasteiger partial charge in [0.05, 0.1) is 0 Å². The van der Waals surface area contributed by atoms with Gasteiger partial charge in [0, 0.05) is 11.1 Å². The Bertz CT molecular complexity index is 353. The van der Waals surface area contributed by atoms with Crippen molar-refractivity contribution in [2.45, 2.75) is 0 Å². The van der Waals surface area contributed by atoms with Gasteiger partial charge in [0.1, 0.15) is 11.8 Å². The second-order valence-corrected chi connectivity index (χ2v) is 2.13. The Balaban J connectivity index is 2.86. The fourth-order valence-corrected chi connectivity index (χ4v) is 0.890. The van der Waals surface area contributed by atoms with E-state index in [1.54, 1.807) is 12.3 Å². The number of benzene rings is 1. The standard InChI is InChI=1S/C7H6N2O/c8-6-1-2-7-5(3-6)4-10-9-7/h1-4H,8H2. The van der Waals surface area contributed by atoms with E-state index in [9.17, 15) is 0 Å². The zero-order valence-corrected chi connectivity index (χ0v) is 5.24. The van der Waals surface area contributed by atoms with Crippen LogP contribution in [0.1, 0.15) is 0 Å². The molecule has 0 aliphatic heterocycles. The molecule has 2 aromatic rings. The van der Waals surface area contributed by atoms with Crippen LogP contribution in [0.2, 0.25) is 0 Å². The van der Waals surface area contributed by atoms with E-state index in [-0.39, 0.29) is 0 Å². The Kier molecular flexibility index (Phi) is 0.917. The second-order valence-electron chi connectivity index (χ2n) is 2.13. The van der Waals surface area contributed by atoms with E-state index in [1.807, 2.05) is 12.1 Å². The summed E-state index contributed by atoms with van der Waals surface area (Å²) < 4.78 is 4.71. The molecule has 10 heavy (non-hydrogen) atoms. The summed E-state index contributed by atoms with van der Waals surface area (Å²) in [5.74, 6) is 0. The Morgan fingerprint density at radius 1 is 1.40 bits per heavy atom. The van der Waals surface area contributed by atoms with Crippen LogP contribution in [0.15, 0.2) is 29.0 Å². The van der Waals surface area contributed by atoms with Gasteiger partial charge < -0.3 is 10.3 Å². The van der Waals surface area contributed by atoms with Crippen molar-refractivity contribution in [2.75, 3.05) is 5.73 Å². The minimum absolute atomic E-state index is 0.732. The molecular weight excluding hydrogens is 128 g/mol. The van der Waals surface area contributed by atoms with Crippen LogP contribution in [0.25, 0.3) is 10.9 Å². The average Bonchev–Trinajstić information content (AvgIpc) is 2.33.